The number of pyridine rings is 1. The van der Waals surface area contributed by atoms with E-state index in [2.05, 4.69) is 20.1 Å². The Kier molecular flexibility index (Phi) is 7.21. The van der Waals surface area contributed by atoms with Crippen LogP contribution in [-0.4, -0.2) is 59.3 Å². The van der Waals surface area contributed by atoms with Gasteiger partial charge in [0.1, 0.15) is 0 Å². The lowest BCUT2D eigenvalue weighted by Crippen LogP contribution is -2.35. The summed E-state index contributed by atoms with van der Waals surface area (Å²) in [7, 11) is 0. The minimum absolute atomic E-state index is 0.0392. The molecule has 2 aromatic heterocycles. The lowest BCUT2D eigenvalue weighted by atomic mass is 10.0. The van der Waals surface area contributed by atoms with E-state index < -0.39 is 0 Å². The summed E-state index contributed by atoms with van der Waals surface area (Å²) in [6.45, 7) is 10.6. The smallest absolute Gasteiger partial charge is 0.261 e. The number of hydrogen-bond acceptors (Lipinski definition) is 5. The summed E-state index contributed by atoms with van der Waals surface area (Å²) < 4.78 is 0. The van der Waals surface area contributed by atoms with E-state index >= 15 is 0 Å². The fraction of sp³-hybridized carbons (Fsp3) is 0.414. The number of fused-ring (bicyclic) bond motifs is 1. The molecule has 2 amide bonds. The van der Waals surface area contributed by atoms with Crippen molar-refractivity contribution in [3.05, 3.63) is 86.9 Å². The number of nitrogens with one attached hydrogen (secondary N) is 1. The van der Waals surface area contributed by atoms with Crippen molar-refractivity contribution in [2.45, 2.75) is 33.2 Å². The molecule has 4 heterocycles. The van der Waals surface area contributed by atoms with Crippen LogP contribution >= 0.6 is 11.3 Å². The summed E-state index contributed by atoms with van der Waals surface area (Å²) in [6.07, 6.45) is 2.59. The van der Waals surface area contributed by atoms with Gasteiger partial charge < -0.3 is 15.1 Å². The summed E-state index contributed by atoms with van der Waals surface area (Å²) in [4.78, 5) is 37.1. The van der Waals surface area contributed by atoms with Crippen molar-refractivity contribution in [2.75, 3.05) is 32.7 Å². The Morgan fingerprint density at radius 2 is 1.69 bits per heavy atom. The van der Waals surface area contributed by atoms with Crippen LogP contribution in [0.5, 0.6) is 0 Å². The Balaban J connectivity index is 1.19. The first-order valence-electron chi connectivity index (χ1n) is 12.7. The number of carbonyl (C=O) groups is 2. The van der Waals surface area contributed by atoms with Crippen LogP contribution in [0, 0.1) is 32.6 Å². The second-order valence-corrected chi connectivity index (χ2v) is 11.5. The van der Waals surface area contributed by atoms with Crippen LogP contribution in [0.25, 0.3) is 0 Å². The van der Waals surface area contributed by atoms with Gasteiger partial charge in [0, 0.05) is 49.4 Å². The van der Waals surface area contributed by atoms with Crippen molar-refractivity contribution in [3.63, 3.8) is 0 Å². The number of aromatic nitrogens is 1. The van der Waals surface area contributed by atoms with Crippen molar-refractivity contribution in [2.24, 2.45) is 11.8 Å². The molecule has 2 aliphatic heterocycles. The zero-order valence-corrected chi connectivity index (χ0v) is 22.1. The fourth-order valence-electron chi connectivity index (χ4n) is 5.72. The highest BCUT2D eigenvalue weighted by atomic mass is 32.1. The van der Waals surface area contributed by atoms with Crippen LogP contribution in [0.1, 0.15) is 54.2 Å². The van der Waals surface area contributed by atoms with Crippen LogP contribution < -0.4 is 5.32 Å². The van der Waals surface area contributed by atoms with Crippen LogP contribution in [0.2, 0.25) is 0 Å². The maximum absolute atomic E-state index is 13.3. The number of likely N-dealkylation sites (tertiary alicyclic amines) is 2. The normalized spacial score (nSPS) is 20.4. The third kappa shape index (κ3) is 5.22. The summed E-state index contributed by atoms with van der Waals surface area (Å²) in [5.41, 5.74) is 3.87. The van der Waals surface area contributed by atoms with Crippen molar-refractivity contribution >= 4 is 23.2 Å². The third-order valence-electron chi connectivity index (χ3n) is 7.59. The van der Waals surface area contributed by atoms with E-state index in [1.54, 1.807) is 6.20 Å². The lowest BCUT2D eigenvalue weighted by Gasteiger charge is -2.25. The molecule has 0 bridgehead atoms. The molecule has 36 heavy (non-hydrogen) atoms. The average Bonchev–Trinajstić information content (AvgIpc) is 3.57. The van der Waals surface area contributed by atoms with E-state index in [0.717, 1.165) is 71.3 Å². The first-order chi connectivity index (χ1) is 17.4. The summed E-state index contributed by atoms with van der Waals surface area (Å²) >= 11 is 1.52. The van der Waals surface area contributed by atoms with E-state index in [0.29, 0.717) is 11.8 Å². The van der Waals surface area contributed by atoms with Gasteiger partial charge in [0.2, 0.25) is 0 Å². The van der Waals surface area contributed by atoms with Crippen LogP contribution in [0.3, 0.4) is 0 Å². The van der Waals surface area contributed by atoms with E-state index in [9.17, 15) is 9.59 Å². The van der Waals surface area contributed by atoms with Crippen LogP contribution in [0.4, 0.5) is 0 Å². The van der Waals surface area contributed by atoms with Crippen molar-refractivity contribution in [1.29, 1.82) is 0 Å². The number of amides is 2. The highest BCUT2D eigenvalue weighted by Gasteiger charge is 2.42. The number of hydrogen-bond donors (Lipinski definition) is 1. The Hall–Kier alpha value is -3.03. The standard InChI is InChI=1S/C29H34N4O2S/c1-19-7-6-8-20(2)27(19)29(35)33-17-22-15-32(16-23(22)18-33)14-12-25(24-9-4-5-13-30-24)31-28(34)26-11-10-21(3)36-26/h4-11,13,22-23,25H,12,14-18H2,1-3H3,(H,31,34)/t22-,23?,25?/m0/s1. The second-order valence-electron chi connectivity index (χ2n) is 10.2. The molecule has 3 atom stereocenters. The number of aryl methyl sites for hydroxylation is 3. The lowest BCUT2D eigenvalue weighted by molar-refractivity contribution is 0.0772. The van der Waals surface area contributed by atoms with Crippen molar-refractivity contribution < 1.29 is 9.59 Å². The van der Waals surface area contributed by atoms with Gasteiger partial charge in [-0.2, -0.15) is 0 Å². The number of rotatable bonds is 7. The van der Waals surface area contributed by atoms with Gasteiger partial charge in [0.15, 0.2) is 0 Å². The van der Waals surface area contributed by atoms with Gasteiger partial charge in [-0.15, -0.1) is 11.3 Å². The van der Waals surface area contributed by atoms with Crippen molar-refractivity contribution in [3.8, 4) is 0 Å². The number of benzene rings is 1. The Morgan fingerprint density at radius 3 is 2.31 bits per heavy atom. The molecule has 7 heteroatoms. The SMILES string of the molecule is Cc1ccc(C(=O)NC(CCN2CC3CN(C(=O)c4c(C)cccc4C)C[C@@H]3C2)c2ccccn2)s1. The topological polar surface area (TPSA) is 65.5 Å². The van der Waals surface area contributed by atoms with Crippen LogP contribution in [0.15, 0.2) is 54.7 Å². The first kappa shape index (κ1) is 24.7. The van der Waals surface area contributed by atoms with Gasteiger partial charge in [-0.05, 0) is 74.4 Å². The number of nitrogens with zero attached hydrogens (tertiary/aromatic N) is 3. The molecule has 2 aliphatic rings. The largest absolute Gasteiger partial charge is 0.343 e. The van der Waals surface area contributed by atoms with Gasteiger partial charge in [-0.25, -0.2) is 0 Å². The average molecular weight is 503 g/mol. The molecule has 0 radical (unpaired) electrons. The van der Waals surface area contributed by atoms with Crippen molar-refractivity contribution in [1.82, 2.24) is 20.1 Å². The monoisotopic (exact) mass is 502 g/mol. The zero-order chi connectivity index (χ0) is 25.2. The highest BCUT2D eigenvalue weighted by Crippen LogP contribution is 2.33. The van der Waals surface area contributed by atoms with Gasteiger partial charge in [0.05, 0.1) is 16.6 Å². The van der Waals surface area contributed by atoms with Gasteiger partial charge >= 0.3 is 0 Å². The molecule has 2 saturated heterocycles. The Morgan fingerprint density at radius 1 is 0.972 bits per heavy atom. The van der Waals surface area contributed by atoms with E-state index in [1.807, 2.05) is 69.3 Å². The maximum Gasteiger partial charge on any atom is 0.261 e. The zero-order valence-electron chi connectivity index (χ0n) is 21.2. The number of carbonyl (C=O) groups excluding carboxylic acids is 2. The van der Waals surface area contributed by atoms with E-state index in [-0.39, 0.29) is 17.9 Å². The third-order valence-corrected chi connectivity index (χ3v) is 8.59. The molecule has 2 fully saturated rings. The molecule has 0 saturated carbocycles. The molecule has 188 valence electrons. The minimum atomic E-state index is -0.136. The van der Waals surface area contributed by atoms with Gasteiger partial charge in [-0.1, -0.05) is 24.3 Å². The molecular weight excluding hydrogens is 468 g/mol. The van der Waals surface area contributed by atoms with E-state index in [4.69, 9.17) is 0 Å². The molecule has 5 rings (SSSR count). The molecular formula is C29H34N4O2S. The van der Waals surface area contributed by atoms with Gasteiger partial charge in [0.25, 0.3) is 11.8 Å². The Labute approximate surface area is 217 Å². The molecule has 6 nitrogen and oxygen atoms in total. The Bertz CT molecular complexity index is 1210. The molecule has 0 aliphatic carbocycles. The van der Waals surface area contributed by atoms with E-state index in [1.165, 1.54) is 11.3 Å². The second kappa shape index (κ2) is 10.5. The summed E-state index contributed by atoms with van der Waals surface area (Å²) in [5, 5.41) is 3.22. The molecule has 2 unspecified atom stereocenters. The summed E-state index contributed by atoms with van der Waals surface area (Å²) in [5.74, 6) is 1.15. The van der Waals surface area contributed by atoms with Gasteiger partial charge in [-0.3, -0.25) is 14.6 Å². The minimum Gasteiger partial charge on any atom is -0.343 e. The highest BCUT2D eigenvalue weighted by molar-refractivity contribution is 7.13. The number of thiophene rings is 1. The molecule has 3 aromatic rings. The molecule has 0 spiro atoms. The maximum atomic E-state index is 13.3. The predicted molar refractivity (Wildman–Crippen MR) is 143 cm³/mol. The first-order valence-corrected chi connectivity index (χ1v) is 13.6. The predicted octanol–water partition coefficient (Wildman–Crippen LogP) is 4.63. The molecule has 1 N–H and O–H groups in total. The fourth-order valence-corrected chi connectivity index (χ4v) is 6.49. The quantitative estimate of drug-likeness (QED) is 0.512. The summed E-state index contributed by atoms with van der Waals surface area (Å²) in [6, 6.07) is 15.6. The molecule has 1 aromatic carbocycles. The van der Waals surface area contributed by atoms with Crippen LogP contribution in [-0.2, 0) is 0 Å².